The molecule has 0 radical (unpaired) electrons. The van der Waals surface area contributed by atoms with Crippen LogP contribution in [0.1, 0.15) is 5.56 Å². The van der Waals surface area contributed by atoms with E-state index in [9.17, 15) is 8.42 Å². The van der Waals surface area contributed by atoms with E-state index in [4.69, 9.17) is 5.26 Å². The second-order valence-electron chi connectivity index (χ2n) is 2.78. The smallest absolute Gasteiger partial charge is 0.207 e. The summed E-state index contributed by atoms with van der Waals surface area (Å²) in [6.45, 7) is 3.60. The highest BCUT2D eigenvalue weighted by atomic mass is 32.2. The molecule has 0 heterocycles. The molecule has 78 valence electrons. The van der Waals surface area contributed by atoms with E-state index in [1.54, 1.807) is 0 Å². The van der Waals surface area contributed by atoms with Crippen molar-refractivity contribution >= 4 is 10.0 Å². The van der Waals surface area contributed by atoms with E-state index in [1.165, 1.54) is 30.3 Å². The van der Waals surface area contributed by atoms with Gasteiger partial charge in [-0.2, -0.15) is 5.26 Å². The number of rotatable bonds is 4. The van der Waals surface area contributed by atoms with Gasteiger partial charge in [0.25, 0.3) is 0 Å². The van der Waals surface area contributed by atoms with E-state index < -0.39 is 10.0 Å². The fraction of sp³-hybridized carbons (Fsp3) is 0.100. The molecule has 0 saturated carbocycles. The van der Waals surface area contributed by atoms with Crippen LogP contribution in [0.5, 0.6) is 0 Å². The van der Waals surface area contributed by atoms with Crippen LogP contribution in [-0.4, -0.2) is 15.0 Å². The van der Waals surface area contributed by atoms with Crippen LogP contribution in [0.15, 0.2) is 41.8 Å². The topological polar surface area (TPSA) is 70.0 Å². The Morgan fingerprint density at radius 2 is 2.00 bits per heavy atom. The molecule has 0 fully saturated rings. The molecule has 1 aromatic rings. The van der Waals surface area contributed by atoms with Crippen LogP contribution in [0.25, 0.3) is 0 Å². The van der Waals surface area contributed by atoms with Gasteiger partial charge in [0, 0.05) is 6.54 Å². The molecule has 0 aliphatic heterocycles. The molecule has 0 atom stereocenters. The minimum Gasteiger partial charge on any atom is -0.207 e. The molecule has 15 heavy (non-hydrogen) atoms. The highest BCUT2D eigenvalue weighted by Gasteiger charge is 2.11. The number of nitrogens with one attached hydrogen (secondary N) is 1. The maximum absolute atomic E-state index is 11.5. The summed E-state index contributed by atoms with van der Waals surface area (Å²) in [6, 6.07) is 7.62. The number of sulfonamides is 1. The largest absolute Gasteiger partial charge is 0.240 e. The van der Waals surface area contributed by atoms with Gasteiger partial charge in [-0.15, -0.1) is 6.58 Å². The number of hydrogen-bond acceptors (Lipinski definition) is 3. The SMILES string of the molecule is C=CCNS(=O)(=O)c1ccc(C#N)cc1. The summed E-state index contributed by atoms with van der Waals surface area (Å²) in [4.78, 5) is 0.142. The first-order chi connectivity index (χ1) is 7.10. The number of hydrogen-bond donors (Lipinski definition) is 1. The molecule has 0 aliphatic rings. The van der Waals surface area contributed by atoms with Gasteiger partial charge in [0.2, 0.25) is 10.0 Å². The predicted octanol–water partition coefficient (Wildman–Crippen LogP) is 1.02. The number of benzene rings is 1. The van der Waals surface area contributed by atoms with Gasteiger partial charge in [-0.25, -0.2) is 13.1 Å². The number of nitrogens with zero attached hydrogens (tertiary/aromatic N) is 1. The van der Waals surface area contributed by atoms with Crippen molar-refractivity contribution in [3.8, 4) is 6.07 Å². The Labute approximate surface area is 88.9 Å². The first-order valence-corrected chi connectivity index (χ1v) is 5.69. The lowest BCUT2D eigenvalue weighted by molar-refractivity contribution is 0.585. The lowest BCUT2D eigenvalue weighted by Gasteiger charge is -2.03. The zero-order valence-corrected chi connectivity index (χ0v) is 8.79. The Bertz CT molecular complexity index is 483. The van der Waals surface area contributed by atoms with Gasteiger partial charge in [0.1, 0.15) is 0 Å². The van der Waals surface area contributed by atoms with Crippen molar-refractivity contribution in [3.05, 3.63) is 42.5 Å². The Balaban J connectivity index is 2.96. The fourth-order valence-electron chi connectivity index (χ4n) is 0.961. The molecular weight excluding hydrogens is 212 g/mol. The van der Waals surface area contributed by atoms with E-state index in [2.05, 4.69) is 11.3 Å². The summed E-state index contributed by atoms with van der Waals surface area (Å²) in [5.74, 6) is 0. The molecule has 1 rings (SSSR count). The number of nitriles is 1. The average molecular weight is 222 g/mol. The van der Waals surface area contributed by atoms with Gasteiger partial charge in [0.15, 0.2) is 0 Å². The summed E-state index contributed by atoms with van der Waals surface area (Å²) in [5, 5.41) is 8.54. The maximum atomic E-state index is 11.5. The molecular formula is C10H10N2O2S. The van der Waals surface area contributed by atoms with Gasteiger partial charge >= 0.3 is 0 Å². The molecule has 0 spiro atoms. The Morgan fingerprint density at radius 1 is 1.40 bits per heavy atom. The molecule has 4 nitrogen and oxygen atoms in total. The third-order valence-corrected chi connectivity index (χ3v) is 3.15. The fourth-order valence-corrected chi connectivity index (χ4v) is 1.96. The van der Waals surface area contributed by atoms with Crippen molar-refractivity contribution in [2.75, 3.05) is 6.54 Å². The van der Waals surface area contributed by atoms with Crippen molar-refractivity contribution in [1.82, 2.24) is 4.72 Å². The quantitative estimate of drug-likeness (QED) is 0.773. The minimum atomic E-state index is -3.48. The molecule has 0 aromatic heterocycles. The maximum Gasteiger partial charge on any atom is 0.240 e. The van der Waals surface area contributed by atoms with Crippen molar-refractivity contribution < 1.29 is 8.42 Å². The highest BCUT2D eigenvalue weighted by Crippen LogP contribution is 2.09. The van der Waals surface area contributed by atoms with E-state index in [1.807, 2.05) is 6.07 Å². The van der Waals surface area contributed by atoms with Gasteiger partial charge < -0.3 is 0 Å². The monoisotopic (exact) mass is 222 g/mol. The Kier molecular flexibility index (Phi) is 3.61. The van der Waals surface area contributed by atoms with Crippen LogP contribution in [0.3, 0.4) is 0 Å². The van der Waals surface area contributed by atoms with Gasteiger partial charge in [-0.1, -0.05) is 6.08 Å². The normalized spacial score (nSPS) is 10.6. The summed E-state index contributed by atoms with van der Waals surface area (Å²) in [6.07, 6.45) is 1.46. The zero-order valence-electron chi connectivity index (χ0n) is 7.97. The Hall–Kier alpha value is -1.64. The molecule has 0 unspecified atom stereocenters. The molecule has 1 aromatic carbocycles. The van der Waals surface area contributed by atoms with Crippen LogP contribution in [0.2, 0.25) is 0 Å². The van der Waals surface area contributed by atoms with Crippen molar-refractivity contribution in [1.29, 1.82) is 5.26 Å². The van der Waals surface area contributed by atoms with Crippen LogP contribution in [0.4, 0.5) is 0 Å². The standard InChI is InChI=1S/C10H10N2O2S/c1-2-7-12-15(13,14)10-5-3-9(8-11)4-6-10/h2-6,12H,1,7H2. The van der Waals surface area contributed by atoms with Crippen LogP contribution in [-0.2, 0) is 10.0 Å². The Morgan fingerprint density at radius 3 is 2.47 bits per heavy atom. The van der Waals surface area contributed by atoms with Crippen molar-refractivity contribution in [3.63, 3.8) is 0 Å². The van der Waals surface area contributed by atoms with Crippen molar-refractivity contribution in [2.45, 2.75) is 4.90 Å². The first-order valence-electron chi connectivity index (χ1n) is 4.21. The zero-order chi connectivity index (χ0) is 11.3. The lowest BCUT2D eigenvalue weighted by Crippen LogP contribution is -2.23. The second-order valence-corrected chi connectivity index (χ2v) is 4.54. The third-order valence-electron chi connectivity index (χ3n) is 1.71. The molecule has 5 heteroatoms. The van der Waals surface area contributed by atoms with Crippen LogP contribution >= 0.6 is 0 Å². The summed E-state index contributed by atoms with van der Waals surface area (Å²) in [7, 11) is -3.48. The van der Waals surface area contributed by atoms with E-state index in [0.29, 0.717) is 5.56 Å². The van der Waals surface area contributed by atoms with E-state index in [0.717, 1.165) is 0 Å². The average Bonchev–Trinajstić information content (AvgIpc) is 2.26. The van der Waals surface area contributed by atoms with E-state index >= 15 is 0 Å². The summed E-state index contributed by atoms with van der Waals surface area (Å²) < 4.78 is 25.4. The van der Waals surface area contributed by atoms with Gasteiger partial charge in [-0.3, -0.25) is 0 Å². The molecule has 0 bridgehead atoms. The van der Waals surface area contributed by atoms with E-state index in [-0.39, 0.29) is 11.4 Å². The van der Waals surface area contributed by atoms with Crippen LogP contribution < -0.4 is 4.72 Å². The molecule has 1 N–H and O–H groups in total. The highest BCUT2D eigenvalue weighted by molar-refractivity contribution is 7.89. The molecule has 0 amide bonds. The van der Waals surface area contributed by atoms with Gasteiger partial charge in [0.05, 0.1) is 16.5 Å². The molecule has 0 aliphatic carbocycles. The van der Waals surface area contributed by atoms with Crippen LogP contribution in [0, 0.1) is 11.3 Å². The van der Waals surface area contributed by atoms with Crippen molar-refractivity contribution in [2.24, 2.45) is 0 Å². The molecule has 0 saturated heterocycles. The predicted molar refractivity (Wildman–Crippen MR) is 56.5 cm³/mol. The first kappa shape index (κ1) is 11.4. The second kappa shape index (κ2) is 4.73. The van der Waals surface area contributed by atoms with Gasteiger partial charge in [-0.05, 0) is 24.3 Å². The lowest BCUT2D eigenvalue weighted by atomic mass is 10.2. The minimum absolute atomic E-state index is 0.142. The summed E-state index contributed by atoms with van der Waals surface area (Å²) >= 11 is 0. The summed E-state index contributed by atoms with van der Waals surface area (Å²) in [5.41, 5.74) is 0.428. The third kappa shape index (κ3) is 2.91.